The molecule has 0 spiro atoms. The largest absolute Gasteiger partial charge is 0.480 e. The van der Waals surface area contributed by atoms with Gasteiger partial charge in [-0.25, -0.2) is 13.1 Å². The summed E-state index contributed by atoms with van der Waals surface area (Å²) in [5.41, 5.74) is 0. The van der Waals surface area contributed by atoms with Crippen LogP contribution < -0.4 is 4.72 Å². The van der Waals surface area contributed by atoms with Crippen LogP contribution in [0.15, 0.2) is 17.3 Å². The minimum atomic E-state index is -3.64. The van der Waals surface area contributed by atoms with Crippen molar-refractivity contribution in [2.75, 3.05) is 12.0 Å². The van der Waals surface area contributed by atoms with E-state index < -0.39 is 16.0 Å². The topological polar surface area (TPSA) is 101 Å². The first-order chi connectivity index (χ1) is 8.35. The minimum Gasteiger partial charge on any atom is -0.480 e. The van der Waals surface area contributed by atoms with E-state index in [2.05, 4.69) is 9.82 Å². The van der Waals surface area contributed by atoms with Crippen LogP contribution in [0.3, 0.4) is 0 Å². The molecular weight excluding hydrogens is 278 g/mol. The van der Waals surface area contributed by atoms with Crippen molar-refractivity contribution in [1.82, 2.24) is 14.5 Å². The summed E-state index contributed by atoms with van der Waals surface area (Å²) in [6.07, 6.45) is 4.22. The van der Waals surface area contributed by atoms with Crippen LogP contribution in [0.5, 0.6) is 0 Å². The minimum absolute atomic E-state index is 0.0308. The van der Waals surface area contributed by atoms with Gasteiger partial charge in [0, 0.05) is 18.0 Å². The zero-order valence-corrected chi connectivity index (χ0v) is 11.7. The summed E-state index contributed by atoms with van der Waals surface area (Å²) < 4.78 is 27.3. The third-order valence-corrected chi connectivity index (χ3v) is 4.37. The maximum Gasteiger partial charge on any atom is 0.325 e. The van der Waals surface area contributed by atoms with E-state index >= 15 is 0 Å². The lowest BCUT2D eigenvalue weighted by atomic mass is 10.4. The number of carboxylic acids is 1. The van der Waals surface area contributed by atoms with Crippen molar-refractivity contribution in [2.45, 2.75) is 24.4 Å². The maximum atomic E-state index is 11.9. The summed E-state index contributed by atoms with van der Waals surface area (Å²) in [6, 6.07) is -0.201. The molecule has 1 heterocycles. The maximum absolute atomic E-state index is 11.9. The molecule has 18 heavy (non-hydrogen) atoms. The van der Waals surface area contributed by atoms with Crippen LogP contribution in [-0.2, 0) is 21.4 Å². The Balaban J connectivity index is 2.79. The Morgan fingerprint density at radius 3 is 2.89 bits per heavy atom. The molecule has 0 saturated heterocycles. The molecule has 0 aliphatic carbocycles. The predicted octanol–water partition coefficient (Wildman–Crippen LogP) is -0.00250. The smallest absolute Gasteiger partial charge is 0.325 e. The Morgan fingerprint density at radius 2 is 2.33 bits per heavy atom. The van der Waals surface area contributed by atoms with Crippen LogP contribution in [0.1, 0.15) is 6.92 Å². The number of nitrogens with one attached hydrogen (secondary N) is 1. The molecular formula is C9H15N3O4S2. The zero-order valence-electron chi connectivity index (χ0n) is 10.0. The summed E-state index contributed by atoms with van der Waals surface area (Å²) in [5, 5.41) is 12.3. The predicted molar refractivity (Wildman–Crippen MR) is 68.0 cm³/mol. The first-order valence-corrected chi connectivity index (χ1v) is 7.98. The molecule has 1 unspecified atom stereocenters. The fraction of sp³-hybridized carbons (Fsp3) is 0.556. The van der Waals surface area contributed by atoms with Gasteiger partial charge in [-0.15, -0.1) is 0 Å². The van der Waals surface area contributed by atoms with E-state index in [0.29, 0.717) is 5.75 Å². The second-order valence-electron chi connectivity index (χ2n) is 3.75. The Labute approximate surface area is 110 Å². The molecule has 1 atom stereocenters. The van der Waals surface area contributed by atoms with Gasteiger partial charge in [-0.3, -0.25) is 9.48 Å². The highest BCUT2D eigenvalue weighted by molar-refractivity contribution is 7.98. The number of sulfonamides is 1. The highest BCUT2D eigenvalue weighted by Crippen LogP contribution is 2.09. The molecule has 9 heteroatoms. The summed E-state index contributed by atoms with van der Waals surface area (Å²) in [4.78, 5) is 10.4. The van der Waals surface area contributed by atoms with Crippen molar-refractivity contribution in [3.63, 3.8) is 0 Å². The van der Waals surface area contributed by atoms with Crippen molar-refractivity contribution in [3.05, 3.63) is 12.4 Å². The number of hydrogen-bond acceptors (Lipinski definition) is 5. The first-order valence-electron chi connectivity index (χ1n) is 5.10. The van der Waals surface area contributed by atoms with Crippen molar-refractivity contribution in [2.24, 2.45) is 0 Å². The Kier molecular flexibility index (Phi) is 5.17. The first kappa shape index (κ1) is 15.0. The van der Waals surface area contributed by atoms with Gasteiger partial charge < -0.3 is 5.11 Å². The number of aromatic nitrogens is 2. The SMILES string of the molecule is CSCC(C)NS(=O)(=O)c1cnn(CC(=O)O)c1. The lowest BCUT2D eigenvalue weighted by Crippen LogP contribution is -2.34. The number of carbonyl (C=O) groups is 1. The van der Waals surface area contributed by atoms with E-state index in [1.54, 1.807) is 6.92 Å². The van der Waals surface area contributed by atoms with Gasteiger partial charge in [-0.2, -0.15) is 16.9 Å². The molecule has 102 valence electrons. The summed E-state index contributed by atoms with van der Waals surface area (Å²) in [5.74, 6) is -0.423. The Bertz CT molecular complexity index is 512. The van der Waals surface area contributed by atoms with Gasteiger partial charge in [-0.05, 0) is 13.2 Å². The van der Waals surface area contributed by atoms with Crippen molar-refractivity contribution < 1.29 is 18.3 Å². The van der Waals surface area contributed by atoms with Gasteiger partial charge in [-0.1, -0.05) is 0 Å². The molecule has 0 aliphatic heterocycles. The van der Waals surface area contributed by atoms with Gasteiger partial charge in [0.05, 0.1) is 6.20 Å². The van der Waals surface area contributed by atoms with Crippen molar-refractivity contribution in [1.29, 1.82) is 0 Å². The molecule has 0 aromatic carbocycles. The van der Waals surface area contributed by atoms with E-state index in [-0.39, 0.29) is 17.5 Å². The molecule has 0 fully saturated rings. The molecule has 1 rings (SSSR count). The average Bonchev–Trinajstić information content (AvgIpc) is 2.65. The van der Waals surface area contributed by atoms with Crippen LogP contribution in [0, 0.1) is 0 Å². The quantitative estimate of drug-likeness (QED) is 0.733. The monoisotopic (exact) mass is 293 g/mol. The molecule has 0 amide bonds. The summed E-state index contributed by atoms with van der Waals surface area (Å²) in [6.45, 7) is 1.39. The van der Waals surface area contributed by atoms with Gasteiger partial charge in [0.2, 0.25) is 10.0 Å². The lowest BCUT2D eigenvalue weighted by Gasteiger charge is -2.11. The van der Waals surface area contributed by atoms with Crippen molar-refractivity contribution >= 4 is 27.8 Å². The second kappa shape index (κ2) is 6.21. The third-order valence-electron chi connectivity index (χ3n) is 1.99. The fourth-order valence-corrected chi connectivity index (χ4v) is 3.21. The van der Waals surface area contributed by atoms with Crippen LogP contribution in [0.2, 0.25) is 0 Å². The summed E-state index contributed by atoms with van der Waals surface area (Å²) in [7, 11) is -3.64. The van der Waals surface area contributed by atoms with Gasteiger partial charge >= 0.3 is 5.97 Å². The van der Waals surface area contributed by atoms with E-state index in [1.165, 1.54) is 18.0 Å². The molecule has 2 N–H and O–H groups in total. The van der Waals surface area contributed by atoms with Crippen LogP contribution >= 0.6 is 11.8 Å². The number of hydrogen-bond donors (Lipinski definition) is 2. The molecule has 0 aliphatic rings. The summed E-state index contributed by atoms with van der Waals surface area (Å²) >= 11 is 1.53. The molecule has 0 saturated carbocycles. The van der Waals surface area contributed by atoms with Crippen LogP contribution in [-0.4, -0.2) is 47.3 Å². The highest BCUT2D eigenvalue weighted by atomic mass is 32.2. The van der Waals surface area contributed by atoms with E-state index in [4.69, 9.17) is 5.11 Å². The average molecular weight is 293 g/mol. The van der Waals surface area contributed by atoms with Gasteiger partial charge in [0.1, 0.15) is 11.4 Å². The van der Waals surface area contributed by atoms with E-state index in [9.17, 15) is 13.2 Å². The zero-order chi connectivity index (χ0) is 13.8. The Morgan fingerprint density at radius 1 is 1.67 bits per heavy atom. The van der Waals surface area contributed by atoms with E-state index in [0.717, 1.165) is 10.9 Å². The highest BCUT2D eigenvalue weighted by Gasteiger charge is 2.19. The van der Waals surface area contributed by atoms with Gasteiger partial charge in [0.15, 0.2) is 0 Å². The molecule has 0 radical (unpaired) electrons. The molecule has 1 aromatic heterocycles. The van der Waals surface area contributed by atoms with Crippen molar-refractivity contribution in [3.8, 4) is 0 Å². The number of aliphatic carboxylic acids is 1. The third kappa shape index (κ3) is 4.31. The number of carboxylic acid groups (broad SMARTS) is 1. The molecule has 1 aromatic rings. The second-order valence-corrected chi connectivity index (χ2v) is 6.37. The number of nitrogens with zero attached hydrogens (tertiary/aromatic N) is 2. The normalized spacial score (nSPS) is 13.4. The van der Waals surface area contributed by atoms with Crippen LogP contribution in [0.4, 0.5) is 0 Å². The fourth-order valence-electron chi connectivity index (χ4n) is 1.33. The Hall–Kier alpha value is -1.06. The number of rotatable bonds is 7. The standard InChI is InChI=1S/C9H15N3O4S2/c1-7(6-17-2)11-18(15,16)8-3-10-12(4-8)5-9(13)14/h3-4,7,11H,5-6H2,1-2H3,(H,13,14). The van der Waals surface area contributed by atoms with E-state index in [1.807, 2.05) is 6.26 Å². The van der Waals surface area contributed by atoms with Crippen LogP contribution in [0.25, 0.3) is 0 Å². The lowest BCUT2D eigenvalue weighted by molar-refractivity contribution is -0.137. The van der Waals surface area contributed by atoms with Gasteiger partial charge in [0.25, 0.3) is 0 Å². The number of thioether (sulfide) groups is 1. The molecule has 0 bridgehead atoms. The molecule has 7 nitrogen and oxygen atoms in total.